The molecule has 5 N–H and O–H groups in total. The van der Waals surface area contributed by atoms with Crippen molar-refractivity contribution in [2.24, 2.45) is 4.99 Å². The van der Waals surface area contributed by atoms with Crippen LogP contribution in [0, 0.1) is 5.41 Å². The fourth-order valence-corrected chi connectivity index (χ4v) is 3.80. The molecule has 1 aromatic carbocycles. The Morgan fingerprint density at radius 1 is 0.667 bits per heavy atom. The van der Waals surface area contributed by atoms with E-state index < -0.39 is 35.1 Å². The number of nitrogens with zero attached hydrogens (tertiary/aromatic N) is 1. The second-order valence-electron chi connectivity index (χ2n) is 14.1. The third-order valence-electron chi connectivity index (χ3n) is 5.75. The Hall–Kier alpha value is -4.36. The maximum Gasteiger partial charge on any atom is 0.414 e. The first-order valence-electron chi connectivity index (χ1n) is 16.4. The van der Waals surface area contributed by atoms with E-state index in [1.54, 1.807) is 86.6 Å². The van der Waals surface area contributed by atoms with Crippen molar-refractivity contribution >= 4 is 36.0 Å². The molecule has 0 saturated heterocycles. The second-order valence-corrected chi connectivity index (χ2v) is 14.1. The molecule has 0 atom stereocenters. The Kier molecular flexibility index (Phi) is 17.5. The van der Waals surface area contributed by atoms with Gasteiger partial charge in [-0.15, -0.1) is 0 Å². The number of amidine groups is 1. The van der Waals surface area contributed by atoms with Gasteiger partial charge in [0, 0.05) is 25.1 Å². The van der Waals surface area contributed by atoms with Crippen LogP contribution in [-0.2, 0) is 19.0 Å². The summed E-state index contributed by atoms with van der Waals surface area (Å²) in [6, 6.07) is 6.74. The number of benzene rings is 1. The Morgan fingerprint density at radius 2 is 1.15 bits per heavy atom. The first-order chi connectivity index (χ1) is 22.2. The van der Waals surface area contributed by atoms with Crippen LogP contribution in [0.4, 0.5) is 14.4 Å². The number of carbonyl (C=O) groups excluding carboxylic acids is 4. The van der Waals surface area contributed by atoms with Crippen molar-refractivity contribution in [1.29, 1.82) is 5.41 Å². The third-order valence-corrected chi connectivity index (χ3v) is 5.75. The van der Waals surface area contributed by atoms with Crippen LogP contribution >= 0.6 is 0 Å². The van der Waals surface area contributed by atoms with Gasteiger partial charge in [-0.05, 0) is 106 Å². The molecule has 1 aromatic rings. The predicted molar refractivity (Wildman–Crippen MR) is 185 cm³/mol. The van der Waals surface area contributed by atoms with Crippen LogP contribution in [0.2, 0.25) is 0 Å². The number of alkyl carbamates (subject to hydrolysis) is 3. The topological polar surface area (TPSA) is 190 Å². The van der Waals surface area contributed by atoms with Crippen LogP contribution in [0.15, 0.2) is 29.3 Å². The number of nitrogens with one attached hydrogen (secondary N) is 5. The average molecular weight is 677 g/mol. The zero-order valence-corrected chi connectivity index (χ0v) is 30.1. The van der Waals surface area contributed by atoms with E-state index in [9.17, 15) is 19.2 Å². The summed E-state index contributed by atoms with van der Waals surface area (Å²) in [5.41, 5.74) is -1.55. The zero-order chi connectivity index (χ0) is 36.4. The normalized spacial score (nSPS) is 11.4. The molecule has 270 valence electrons. The number of aliphatic imine (C=N–C) groups is 1. The highest BCUT2D eigenvalue weighted by molar-refractivity contribution is 6.04. The summed E-state index contributed by atoms with van der Waals surface area (Å²) >= 11 is 0. The number of amides is 4. The van der Waals surface area contributed by atoms with Gasteiger partial charge < -0.3 is 24.3 Å². The van der Waals surface area contributed by atoms with Gasteiger partial charge in [0.25, 0.3) is 0 Å². The molecule has 0 heterocycles. The van der Waals surface area contributed by atoms with Crippen LogP contribution in [0.25, 0.3) is 0 Å². The van der Waals surface area contributed by atoms with Gasteiger partial charge in [-0.1, -0.05) is 19.3 Å². The molecule has 0 unspecified atom stereocenters. The van der Waals surface area contributed by atoms with Crippen molar-refractivity contribution in [3.63, 3.8) is 0 Å². The molecule has 4 amide bonds. The number of hydrogen-bond acceptors (Lipinski definition) is 10. The molecule has 0 bridgehead atoms. The maximum absolute atomic E-state index is 12.2. The van der Waals surface area contributed by atoms with E-state index in [-0.39, 0.29) is 17.7 Å². The van der Waals surface area contributed by atoms with Gasteiger partial charge in [0.2, 0.25) is 11.9 Å². The van der Waals surface area contributed by atoms with Crippen molar-refractivity contribution in [2.75, 3.05) is 19.7 Å². The highest BCUT2D eigenvalue weighted by Gasteiger charge is 2.21. The molecule has 0 aliphatic heterocycles. The maximum atomic E-state index is 12.2. The zero-order valence-electron chi connectivity index (χ0n) is 30.1. The fraction of sp³-hybridized carbons (Fsp3) is 0.647. The van der Waals surface area contributed by atoms with Gasteiger partial charge in [0.05, 0.1) is 6.61 Å². The molecule has 0 spiro atoms. The SMILES string of the molecule is CC(C)(C)OC(=O)NC(=N)c1ccc(OCCCC(=O)NCCCCCCCN=C(NC(=O)OC(C)(C)C)NC(=O)OC(C)(C)C)cc1. The summed E-state index contributed by atoms with van der Waals surface area (Å²) in [7, 11) is 0. The quantitative estimate of drug-likeness (QED) is 0.0669. The van der Waals surface area contributed by atoms with Crippen molar-refractivity contribution in [1.82, 2.24) is 21.3 Å². The molecular weight excluding hydrogens is 620 g/mol. The van der Waals surface area contributed by atoms with E-state index in [1.807, 2.05) is 0 Å². The molecule has 0 aromatic heterocycles. The first-order valence-corrected chi connectivity index (χ1v) is 16.4. The highest BCUT2D eigenvalue weighted by Crippen LogP contribution is 2.14. The molecule has 0 aliphatic rings. The summed E-state index contributed by atoms with van der Waals surface area (Å²) in [5.74, 6) is 0.461. The van der Waals surface area contributed by atoms with E-state index >= 15 is 0 Å². The molecular formula is C34H56N6O8. The minimum Gasteiger partial charge on any atom is -0.494 e. The lowest BCUT2D eigenvalue weighted by Crippen LogP contribution is -2.47. The predicted octanol–water partition coefficient (Wildman–Crippen LogP) is 6.17. The summed E-state index contributed by atoms with van der Waals surface area (Å²) in [6.07, 6.45) is 3.12. The molecule has 0 fully saturated rings. The monoisotopic (exact) mass is 676 g/mol. The number of ether oxygens (including phenoxy) is 4. The second kappa shape index (κ2) is 20.1. The van der Waals surface area contributed by atoms with Crippen LogP contribution in [0.3, 0.4) is 0 Å². The van der Waals surface area contributed by atoms with Crippen molar-refractivity contribution < 1.29 is 38.1 Å². The number of hydrogen-bond donors (Lipinski definition) is 5. The van der Waals surface area contributed by atoms with Gasteiger partial charge >= 0.3 is 18.3 Å². The fourth-order valence-electron chi connectivity index (χ4n) is 3.80. The average Bonchev–Trinajstić information content (AvgIpc) is 2.91. The third kappa shape index (κ3) is 22.2. The standard InChI is InChI=1S/C34H56N6O8/c1-32(2,3)46-29(42)38-27(35)24-17-19-25(20-18-24)45-23-15-16-26(41)36-21-13-11-10-12-14-22-37-28(39-30(43)47-33(4,5)6)40-31(44)48-34(7,8)9/h17-20H,10-16,21-23H2,1-9H3,(H,36,41)(H2,35,38,42)(H2,37,39,40,43,44). The van der Waals surface area contributed by atoms with Crippen LogP contribution in [0.1, 0.15) is 113 Å². The van der Waals surface area contributed by atoms with E-state index in [0.717, 1.165) is 32.1 Å². The lowest BCUT2D eigenvalue weighted by molar-refractivity contribution is -0.121. The van der Waals surface area contributed by atoms with E-state index in [2.05, 4.69) is 26.3 Å². The van der Waals surface area contributed by atoms with Crippen LogP contribution in [-0.4, -0.2) is 72.5 Å². The lowest BCUT2D eigenvalue weighted by Gasteiger charge is -2.22. The number of unbranched alkanes of at least 4 members (excludes halogenated alkanes) is 4. The number of carbonyl (C=O) groups is 4. The molecule has 0 aliphatic carbocycles. The Bertz CT molecular complexity index is 1200. The molecule has 1 rings (SSSR count). The molecule has 48 heavy (non-hydrogen) atoms. The largest absolute Gasteiger partial charge is 0.494 e. The van der Waals surface area contributed by atoms with E-state index in [4.69, 9.17) is 24.4 Å². The van der Waals surface area contributed by atoms with E-state index in [1.165, 1.54) is 0 Å². The first kappa shape index (κ1) is 41.7. The van der Waals surface area contributed by atoms with Gasteiger partial charge in [0.15, 0.2) is 0 Å². The van der Waals surface area contributed by atoms with Crippen molar-refractivity contribution in [3.05, 3.63) is 29.8 Å². The number of rotatable bonds is 14. The number of guanidine groups is 1. The molecule has 14 nitrogen and oxygen atoms in total. The van der Waals surface area contributed by atoms with Gasteiger partial charge in [0.1, 0.15) is 28.4 Å². The Labute approximate surface area is 285 Å². The van der Waals surface area contributed by atoms with Gasteiger partial charge in [-0.25, -0.2) is 14.4 Å². The summed E-state index contributed by atoms with van der Waals surface area (Å²) in [4.78, 5) is 52.7. The Morgan fingerprint density at radius 3 is 1.67 bits per heavy atom. The van der Waals surface area contributed by atoms with Crippen molar-refractivity contribution in [3.8, 4) is 5.75 Å². The van der Waals surface area contributed by atoms with Crippen molar-refractivity contribution in [2.45, 2.75) is 124 Å². The highest BCUT2D eigenvalue weighted by atomic mass is 16.6. The van der Waals surface area contributed by atoms with Gasteiger partial charge in [-0.2, -0.15) is 0 Å². The molecule has 0 saturated carbocycles. The van der Waals surface area contributed by atoms with Crippen LogP contribution < -0.4 is 26.0 Å². The summed E-state index contributed by atoms with van der Waals surface area (Å²) in [6.45, 7) is 17.0. The smallest absolute Gasteiger partial charge is 0.414 e. The summed E-state index contributed by atoms with van der Waals surface area (Å²) in [5, 5.41) is 18.3. The minimum atomic E-state index is -0.729. The molecule has 14 heteroatoms. The van der Waals surface area contributed by atoms with Gasteiger partial charge in [-0.3, -0.25) is 31.1 Å². The molecule has 0 radical (unpaired) electrons. The van der Waals surface area contributed by atoms with E-state index in [0.29, 0.717) is 43.9 Å². The minimum absolute atomic E-state index is 0.0319. The Balaban J connectivity index is 2.25. The van der Waals surface area contributed by atoms with Crippen LogP contribution in [0.5, 0.6) is 5.75 Å². The lowest BCUT2D eigenvalue weighted by atomic mass is 10.1. The summed E-state index contributed by atoms with van der Waals surface area (Å²) < 4.78 is 21.3.